The number of Topliss-reactive ketones (excluding diaryl/α,β-unsaturated/α-hetero) is 1. The molecular weight excluding hydrogens is 370 g/mol. The minimum Gasteiger partial charge on any atom is -0.507 e. The van der Waals surface area contributed by atoms with Crippen molar-refractivity contribution in [3.05, 3.63) is 64.7 Å². The average molecular weight is 395 g/mol. The first kappa shape index (κ1) is 20.5. The fourth-order valence-corrected chi connectivity index (χ4v) is 3.54. The van der Waals surface area contributed by atoms with Gasteiger partial charge in [-0.3, -0.25) is 9.59 Å². The lowest BCUT2D eigenvalue weighted by molar-refractivity contribution is -0.140. The Hall–Kier alpha value is -3.28. The SMILES string of the molecule is COc1cc(C2/C(=C(/O)c3ccc(C)cc3)C(=O)C(=O)N2CC(C)C)ccc1O. The molecule has 29 heavy (non-hydrogen) atoms. The number of nitrogens with zero attached hydrogens (tertiary/aromatic N) is 1. The topological polar surface area (TPSA) is 87.1 Å². The maximum Gasteiger partial charge on any atom is 0.295 e. The Morgan fingerprint density at radius 1 is 1.14 bits per heavy atom. The molecule has 1 amide bonds. The molecule has 0 aliphatic carbocycles. The molecule has 1 aliphatic rings. The van der Waals surface area contributed by atoms with Crippen molar-refractivity contribution in [2.24, 2.45) is 5.92 Å². The third-order valence-electron chi connectivity index (χ3n) is 4.95. The summed E-state index contributed by atoms with van der Waals surface area (Å²) in [4.78, 5) is 27.2. The molecule has 1 atom stereocenters. The highest BCUT2D eigenvalue weighted by molar-refractivity contribution is 6.46. The van der Waals surface area contributed by atoms with E-state index in [-0.39, 0.29) is 28.7 Å². The zero-order valence-electron chi connectivity index (χ0n) is 17.0. The molecule has 1 unspecified atom stereocenters. The maximum atomic E-state index is 12.9. The summed E-state index contributed by atoms with van der Waals surface area (Å²) in [6.45, 7) is 6.18. The van der Waals surface area contributed by atoms with Gasteiger partial charge in [-0.15, -0.1) is 0 Å². The first-order valence-electron chi connectivity index (χ1n) is 9.47. The van der Waals surface area contributed by atoms with Crippen molar-refractivity contribution in [1.82, 2.24) is 4.90 Å². The van der Waals surface area contributed by atoms with E-state index < -0.39 is 17.7 Å². The summed E-state index contributed by atoms with van der Waals surface area (Å²) in [5.41, 5.74) is 2.09. The molecule has 6 heteroatoms. The second-order valence-electron chi connectivity index (χ2n) is 7.64. The monoisotopic (exact) mass is 395 g/mol. The number of aliphatic hydroxyl groups is 1. The second kappa shape index (κ2) is 7.99. The van der Waals surface area contributed by atoms with E-state index in [1.165, 1.54) is 18.1 Å². The van der Waals surface area contributed by atoms with Crippen molar-refractivity contribution in [1.29, 1.82) is 0 Å². The molecule has 1 fully saturated rings. The van der Waals surface area contributed by atoms with Crippen molar-refractivity contribution >= 4 is 17.4 Å². The highest BCUT2D eigenvalue weighted by atomic mass is 16.5. The Morgan fingerprint density at radius 2 is 1.79 bits per heavy atom. The smallest absolute Gasteiger partial charge is 0.295 e. The summed E-state index contributed by atoms with van der Waals surface area (Å²) in [6.07, 6.45) is 0. The van der Waals surface area contributed by atoms with Crippen LogP contribution in [0.1, 0.15) is 36.6 Å². The van der Waals surface area contributed by atoms with E-state index >= 15 is 0 Å². The number of phenols is 1. The summed E-state index contributed by atoms with van der Waals surface area (Å²) < 4.78 is 5.19. The molecule has 0 spiro atoms. The van der Waals surface area contributed by atoms with Gasteiger partial charge in [-0.25, -0.2) is 0 Å². The minimum absolute atomic E-state index is 0.0345. The molecule has 6 nitrogen and oxygen atoms in total. The highest BCUT2D eigenvalue weighted by Gasteiger charge is 2.46. The van der Waals surface area contributed by atoms with Gasteiger partial charge in [-0.05, 0) is 30.5 Å². The maximum absolute atomic E-state index is 12.9. The fourth-order valence-electron chi connectivity index (χ4n) is 3.54. The Kier molecular flexibility index (Phi) is 5.64. The molecule has 0 saturated carbocycles. The number of rotatable bonds is 5. The molecule has 1 aliphatic heterocycles. The number of amides is 1. The number of phenolic OH excluding ortho intramolecular Hbond substituents is 1. The number of hydrogen-bond acceptors (Lipinski definition) is 5. The number of ether oxygens (including phenoxy) is 1. The molecule has 2 aromatic carbocycles. The van der Waals surface area contributed by atoms with Gasteiger partial charge in [0, 0.05) is 12.1 Å². The van der Waals surface area contributed by atoms with Crippen LogP contribution in [0.3, 0.4) is 0 Å². The van der Waals surface area contributed by atoms with E-state index in [0.29, 0.717) is 17.7 Å². The number of methoxy groups -OCH3 is 1. The van der Waals surface area contributed by atoms with Gasteiger partial charge in [-0.2, -0.15) is 0 Å². The number of carbonyl (C=O) groups excluding carboxylic acids is 2. The van der Waals surface area contributed by atoms with Gasteiger partial charge in [0.2, 0.25) is 0 Å². The Bertz CT molecular complexity index is 975. The standard InChI is InChI=1S/C23H25NO5/c1-13(2)12-24-20(16-9-10-17(25)18(11-16)29-4)19(22(27)23(24)28)21(26)15-7-5-14(3)6-8-15/h5-11,13,20,25-26H,12H2,1-4H3/b21-19-. The van der Waals surface area contributed by atoms with Crippen LogP contribution in [0.4, 0.5) is 0 Å². The molecule has 1 heterocycles. The van der Waals surface area contributed by atoms with Crippen molar-refractivity contribution in [3.8, 4) is 11.5 Å². The number of benzene rings is 2. The number of aliphatic hydroxyl groups excluding tert-OH is 1. The van der Waals surface area contributed by atoms with Crippen LogP contribution in [-0.4, -0.2) is 40.5 Å². The summed E-state index contributed by atoms with van der Waals surface area (Å²) in [5.74, 6) is -1.28. The molecule has 2 N–H and O–H groups in total. The van der Waals surface area contributed by atoms with Crippen LogP contribution in [-0.2, 0) is 9.59 Å². The molecular formula is C23H25NO5. The molecule has 152 valence electrons. The van der Waals surface area contributed by atoms with Crippen LogP contribution in [0.5, 0.6) is 11.5 Å². The van der Waals surface area contributed by atoms with Gasteiger partial charge < -0.3 is 19.8 Å². The van der Waals surface area contributed by atoms with Gasteiger partial charge in [-0.1, -0.05) is 49.7 Å². The van der Waals surface area contributed by atoms with E-state index in [0.717, 1.165) is 5.56 Å². The number of aryl methyl sites for hydroxylation is 1. The van der Waals surface area contributed by atoms with E-state index in [2.05, 4.69) is 0 Å². The fraction of sp³-hybridized carbons (Fsp3) is 0.304. The average Bonchev–Trinajstić information content (AvgIpc) is 2.93. The molecule has 0 bridgehead atoms. The van der Waals surface area contributed by atoms with Gasteiger partial charge in [0.15, 0.2) is 11.5 Å². The lowest BCUT2D eigenvalue weighted by Crippen LogP contribution is -2.33. The second-order valence-corrected chi connectivity index (χ2v) is 7.64. The van der Waals surface area contributed by atoms with E-state index in [1.807, 2.05) is 32.9 Å². The van der Waals surface area contributed by atoms with Crippen molar-refractivity contribution < 1.29 is 24.5 Å². The first-order valence-corrected chi connectivity index (χ1v) is 9.47. The third kappa shape index (κ3) is 3.83. The number of likely N-dealkylation sites (tertiary alicyclic amines) is 1. The largest absolute Gasteiger partial charge is 0.507 e. The van der Waals surface area contributed by atoms with Crippen molar-refractivity contribution in [2.75, 3.05) is 13.7 Å². The molecule has 3 rings (SSSR count). The summed E-state index contributed by atoms with van der Waals surface area (Å²) in [6, 6.07) is 11.0. The van der Waals surface area contributed by atoms with Crippen LogP contribution in [0.25, 0.3) is 5.76 Å². The highest BCUT2D eigenvalue weighted by Crippen LogP contribution is 2.42. The predicted molar refractivity (Wildman–Crippen MR) is 110 cm³/mol. The van der Waals surface area contributed by atoms with E-state index in [9.17, 15) is 19.8 Å². The van der Waals surface area contributed by atoms with Gasteiger partial charge in [0.1, 0.15) is 5.76 Å². The summed E-state index contributed by atoms with van der Waals surface area (Å²) >= 11 is 0. The van der Waals surface area contributed by atoms with Gasteiger partial charge in [0.05, 0.1) is 18.7 Å². The first-order chi connectivity index (χ1) is 13.7. The van der Waals surface area contributed by atoms with Gasteiger partial charge in [0.25, 0.3) is 11.7 Å². The van der Waals surface area contributed by atoms with Crippen molar-refractivity contribution in [3.63, 3.8) is 0 Å². The quantitative estimate of drug-likeness (QED) is 0.457. The number of carbonyl (C=O) groups is 2. The predicted octanol–water partition coefficient (Wildman–Crippen LogP) is 3.79. The molecule has 2 aromatic rings. The zero-order valence-corrected chi connectivity index (χ0v) is 17.0. The Morgan fingerprint density at radius 3 is 2.38 bits per heavy atom. The molecule has 1 saturated heterocycles. The Balaban J connectivity index is 2.21. The number of ketones is 1. The lowest BCUT2D eigenvalue weighted by atomic mass is 9.94. The zero-order chi connectivity index (χ0) is 21.3. The van der Waals surface area contributed by atoms with Crippen LogP contribution in [0.15, 0.2) is 48.0 Å². The van der Waals surface area contributed by atoms with Crippen LogP contribution >= 0.6 is 0 Å². The summed E-state index contributed by atoms with van der Waals surface area (Å²) in [5, 5.41) is 20.9. The lowest BCUT2D eigenvalue weighted by Gasteiger charge is -2.27. The number of aromatic hydroxyl groups is 1. The molecule has 0 aromatic heterocycles. The van der Waals surface area contributed by atoms with E-state index in [1.54, 1.807) is 24.3 Å². The summed E-state index contributed by atoms with van der Waals surface area (Å²) in [7, 11) is 1.43. The van der Waals surface area contributed by atoms with Crippen LogP contribution < -0.4 is 4.74 Å². The minimum atomic E-state index is -0.770. The van der Waals surface area contributed by atoms with Crippen LogP contribution in [0, 0.1) is 12.8 Å². The van der Waals surface area contributed by atoms with Crippen molar-refractivity contribution in [2.45, 2.75) is 26.8 Å². The van der Waals surface area contributed by atoms with Crippen LogP contribution in [0.2, 0.25) is 0 Å². The Labute approximate surface area is 170 Å². The molecule has 0 radical (unpaired) electrons. The third-order valence-corrected chi connectivity index (χ3v) is 4.95. The van der Waals surface area contributed by atoms with E-state index in [4.69, 9.17) is 4.74 Å². The number of hydrogen-bond donors (Lipinski definition) is 2. The van der Waals surface area contributed by atoms with Gasteiger partial charge >= 0.3 is 0 Å². The normalized spacial score (nSPS) is 18.5.